The zero-order valence-electron chi connectivity index (χ0n) is 20.6. The first-order valence-electron chi connectivity index (χ1n) is 12.1. The number of ether oxygens (including phenoxy) is 1. The molecule has 0 radical (unpaired) electrons. The highest BCUT2D eigenvalue weighted by atomic mass is 16.6. The second-order valence-corrected chi connectivity index (χ2v) is 8.74. The van der Waals surface area contributed by atoms with E-state index < -0.39 is 36.0 Å². The van der Waals surface area contributed by atoms with Crippen molar-refractivity contribution < 1.29 is 24.2 Å². The van der Waals surface area contributed by atoms with Crippen LogP contribution >= 0.6 is 0 Å². The summed E-state index contributed by atoms with van der Waals surface area (Å²) >= 11 is 0. The van der Waals surface area contributed by atoms with Crippen molar-refractivity contribution in [2.24, 2.45) is 5.73 Å². The highest BCUT2D eigenvalue weighted by Gasteiger charge is 2.51. The lowest BCUT2D eigenvalue weighted by Gasteiger charge is -2.47. The first kappa shape index (κ1) is 26.2. The highest BCUT2D eigenvalue weighted by Crippen LogP contribution is 2.44. The Balaban J connectivity index is 2.02. The van der Waals surface area contributed by atoms with E-state index in [0.29, 0.717) is 16.7 Å². The number of carbonyl (C=O) groups is 3. The summed E-state index contributed by atoms with van der Waals surface area (Å²) in [7, 11) is 0. The quantitative estimate of drug-likeness (QED) is 0.295. The van der Waals surface area contributed by atoms with Crippen LogP contribution < -0.4 is 5.73 Å². The fourth-order valence-corrected chi connectivity index (χ4v) is 4.72. The molecule has 1 unspecified atom stereocenters. The summed E-state index contributed by atoms with van der Waals surface area (Å²) in [5.41, 5.74) is 6.61. The average Bonchev–Trinajstić information content (AvgIpc) is 2.95. The summed E-state index contributed by atoms with van der Waals surface area (Å²) in [6.07, 6.45) is -1.51. The van der Waals surface area contributed by atoms with Crippen LogP contribution in [0.1, 0.15) is 28.7 Å². The number of amides is 2. The Morgan fingerprint density at radius 2 is 1.11 bits per heavy atom. The smallest absolute Gasteiger partial charge is 0.412 e. The molecule has 0 heterocycles. The van der Waals surface area contributed by atoms with Crippen LogP contribution in [-0.4, -0.2) is 34.0 Å². The van der Waals surface area contributed by atoms with E-state index >= 15 is 0 Å². The van der Waals surface area contributed by atoms with Crippen LogP contribution in [0, 0.1) is 0 Å². The van der Waals surface area contributed by atoms with Gasteiger partial charge in [0.15, 0.2) is 0 Å². The lowest BCUT2D eigenvalue weighted by atomic mass is 9.74. The molecule has 192 valence electrons. The van der Waals surface area contributed by atoms with Gasteiger partial charge in [-0.1, -0.05) is 121 Å². The highest BCUT2D eigenvalue weighted by molar-refractivity contribution is 5.87. The molecule has 7 nitrogen and oxygen atoms in total. The topological polar surface area (TPSA) is 110 Å². The Hall–Kier alpha value is -4.91. The number of rotatable bonds is 10. The van der Waals surface area contributed by atoms with Crippen LogP contribution in [0.25, 0.3) is 0 Å². The number of carboxylic acid groups (broad SMARTS) is 1. The van der Waals surface area contributed by atoms with E-state index in [1.165, 1.54) is 0 Å². The van der Waals surface area contributed by atoms with Gasteiger partial charge >= 0.3 is 12.1 Å². The third-order valence-electron chi connectivity index (χ3n) is 6.33. The van der Waals surface area contributed by atoms with Crippen LogP contribution in [0.3, 0.4) is 0 Å². The molecule has 0 fully saturated rings. The molecule has 4 aromatic carbocycles. The minimum Gasteiger partial charge on any atom is -0.480 e. The first-order valence-corrected chi connectivity index (χ1v) is 12.1. The van der Waals surface area contributed by atoms with Crippen molar-refractivity contribution in [2.45, 2.75) is 24.6 Å². The van der Waals surface area contributed by atoms with E-state index in [1.54, 1.807) is 12.1 Å². The molecule has 0 aliphatic heterocycles. The van der Waals surface area contributed by atoms with Gasteiger partial charge in [0.05, 0.1) is 6.42 Å². The number of benzene rings is 4. The molecular weight excluding hydrogens is 480 g/mol. The summed E-state index contributed by atoms with van der Waals surface area (Å²) in [5, 5.41) is 10.4. The average molecular weight is 509 g/mol. The molecule has 4 aromatic rings. The zero-order chi connectivity index (χ0) is 27.0. The van der Waals surface area contributed by atoms with Crippen LogP contribution in [0.5, 0.6) is 0 Å². The largest absolute Gasteiger partial charge is 0.480 e. The van der Waals surface area contributed by atoms with Gasteiger partial charge in [-0.25, -0.2) is 9.59 Å². The Kier molecular flexibility index (Phi) is 8.18. The maximum Gasteiger partial charge on any atom is 0.412 e. The fraction of sp³-hybridized carbons (Fsp3) is 0.129. The predicted molar refractivity (Wildman–Crippen MR) is 143 cm³/mol. The minimum absolute atomic E-state index is 0.0897. The van der Waals surface area contributed by atoms with Gasteiger partial charge in [-0.3, -0.25) is 9.69 Å². The third-order valence-corrected chi connectivity index (χ3v) is 6.33. The van der Waals surface area contributed by atoms with Gasteiger partial charge in [-0.05, 0) is 22.3 Å². The SMILES string of the molecule is NC(=O)CC(C(=O)O)N(C(=O)OCc1ccccc1)C(c1ccccc1)(c1ccccc1)c1ccccc1. The summed E-state index contributed by atoms with van der Waals surface area (Å²) in [4.78, 5) is 40.1. The molecule has 1 atom stereocenters. The lowest BCUT2D eigenvalue weighted by molar-refractivity contribution is -0.146. The summed E-state index contributed by atoms with van der Waals surface area (Å²) in [6, 6.07) is 34.7. The molecular formula is C31H28N2O5. The molecule has 0 bridgehead atoms. The Bertz CT molecular complexity index is 1270. The van der Waals surface area contributed by atoms with Gasteiger partial charge in [0.2, 0.25) is 5.91 Å². The normalized spacial score (nSPS) is 11.8. The number of carbonyl (C=O) groups excluding carboxylic acids is 2. The van der Waals surface area contributed by atoms with Crippen molar-refractivity contribution in [3.63, 3.8) is 0 Å². The molecule has 3 N–H and O–H groups in total. The van der Waals surface area contributed by atoms with Crippen LogP contribution in [0.4, 0.5) is 4.79 Å². The Morgan fingerprint density at radius 1 is 0.711 bits per heavy atom. The van der Waals surface area contributed by atoms with Crippen LogP contribution in [0.15, 0.2) is 121 Å². The number of hydrogen-bond acceptors (Lipinski definition) is 4. The number of carboxylic acids is 1. The summed E-state index contributed by atoms with van der Waals surface area (Å²) < 4.78 is 5.74. The molecule has 0 spiro atoms. The fourth-order valence-electron chi connectivity index (χ4n) is 4.72. The molecule has 0 aromatic heterocycles. The van der Waals surface area contributed by atoms with E-state index in [-0.39, 0.29) is 6.61 Å². The predicted octanol–water partition coefficient (Wildman–Crippen LogP) is 4.95. The van der Waals surface area contributed by atoms with Crippen molar-refractivity contribution in [2.75, 3.05) is 0 Å². The molecule has 0 saturated carbocycles. The molecule has 4 rings (SSSR count). The number of primary amides is 1. The van der Waals surface area contributed by atoms with E-state index in [1.807, 2.05) is 109 Å². The summed E-state index contributed by atoms with van der Waals surface area (Å²) in [6.45, 7) is -0.0897. The molecule has 2 amide bonds. The maximum atomic E-state index is 14.1. The van der Waals surface area contributed by atoms with Crippen LogP contribution in [0.2, 0.25) is 0 Å². The van der Waals surface area contributed by atoms with Gasteiger partial charge < -0.3 is 15.6 Å². The van der Waals surface area contributed by atoms with Crippen molar-refractivity contribution in [1.82, 2.24) is 4.90 Å². The maximum absolute atomic E-state index is 14.1. The zero-order valence-corrected chi connectivity index (χ0v) is 20.6. The second kappa shape index (κ2) is 11.9. The molecule has 0 aliphatic carbocycles. The van der Waals surface area contributed by atoms with Gasteiger partial charge in [-0.2, -0.15) is 0 Å². The monoisotopic (exact) mass is 508 g/mol. The molecule has 38 heavy (non-hydrogen) atoms. The number of aliphatic carboxylic acids is 1. The van der Waals surface area contributed by atoms with Crippen molar-refractivity contribution >= 4 is 18.0 Å². The minimum atomic E-state index is -1.63. The van der Waals surface area contributed by atoms with Crippen molar-refractivity contribution in [3.8, 4) is 0 Å². The van der Waals surface area contributed by atoms with E-state index in [2.05, 4.69) is 0 Å². The third kappa shape index (κ3) is 5.42. The standard InChI is InChI=1S/C31H28N2O5/c32-28(34)21-27(29(35)36)33(30(37)38-22-23-13-5-1-6-14-23)31(24-15-7-2-8-16-24,25-17-9-3-10-18-25)26-19-11-4-12-20-26/h1-20,27H,21-22H2,(H2,32,34)(H,35,36). The van der Waals surface area contributed by atoms with Gasteiger partial charge in [0.25, 0.3) is 0 Å². The Morgan fingerprint density at radius 3 is 1.47 bits per heavy atom. The second-order valence-electron chi connectivity index (χ2n) is 8.74. The van der Waals surface area contributed by atoms with Gasteiger partial charge in [-0.15, -0.1) is 0 Å². The van der Waals surface area contributed by atoms with Crippen LogP contribution in [-0.2, 0) is 26.5 Å². The number of nitrogens with zero attached hydrogens (tertiary/aromatic N) is 1. The lowest BCUT2D eigenvalue weighted by Crippen LogP contribution is -2.59. The van der Waals surface area contributed by atoms with E-state index in [9.17, 15) is 19.5 Å². The van der Waals surface area contributed by atoms with E-state index in [0.717, 1.165) is 10.5 Å². The van der Waals surface area contributed by atoms with Crippen molar-refractivity contribution in [1.29, 1.82) is 0 Å². The van der Waals surface area contributed by atoms with Crippen molar-refractivity contribution in [3.05, 3.63) is 144 Å². The summed E-state index contributed by atoms with van der Waals surface area (Å²) in [5.74, 6) is -2.24. The Labute approximate surface area is 221 Å². The first-order chi connectivity index (χ1) is 18.4. The van der Waals surface area contributed by atoms with Gasteiger partial charge in [0.1, 0.15) is 18.2 Å². The molecule has 0 aliphatic rings. The van der Waals surface area contributed by atoms with E-state index in [4.69, 9.17) is 10.5 Å². The number of nitrogens with two attached hydrogens (primary N) is 1. The molecule has 7 heteroatoms. The van der Waals surface area contributed by atoms with Gasteiger partial charge in [0, 0.05) is 0 Å². The number of hydrogen-bond donors (Lipinski definition) is 2. The molecule has 0 saturated heterocycles.